The van der Waals surface area contributed by atoms with Gasteiger partial charge in [-0.15, -0.1) is 11.3 Å². The third-order valence-electron chi connectivity index (χ3n) is 7.28. The molecule has 3 unspecified atom stereocenters. The second-order valence-electron chi connectivity index (χ2n) is 9.64. The largest absolute Gasteiger partial charge is 0.493 e. The average molecular weight is 596 g/mol. The summed E-state index contributed by atoms with van der Waals surface area (Å²) in [5.41, 5.74) is 1.65. The van der Waals surface area contributed by atoms with Gasteiger partial charge in [-0.05, 0) is 45.4 Å². The molecule has 11 heteroatoms. The molecule has 224 valence electrons. The van der Waals surface area contributed by atoms with Crippen molar-refractivity contribution in [3.05, 3.63) is 64.7 Å². The van der Waals surface area contributed by atoms with Gasteiger partial charge in [0.25, 0.3) is 0 Å². The van der Waals surface area contributed by atoms with Gasteiger partial charge in [-0.3, -0.25) is 0 Å². The maximum absolute atomic E-state index is 14.1. The number of methoxy groups -OCH3 is 3. The first-order valence-electron chi connectivity index (χ1n) is 13.7. The van der Waals surface area contributed by atoms with Crippen LogP contribution in [0, 0.1) is 0 Å². The number of nitrogens with one attached hydrogen (secondary N) is 2. The lowest BCUT2D eigenvalue weighted by Crippen LogP contribution is -2.66. The second-order valence-corrected chi connectivity index (χ2v) is 10.5. The predicted molar refractivity (Wildman–Crippen MR) is 161 cm³/mol. The van der Waals surface area contributed by atoms with Crippen LogP contribution in [-0.4, -0.2) is 63.0 Å². The minimum atomic E-state index is -1.45. The number of allylic oxidation sites excluding steroid dienone is 1. The van der Waals surface area contributed by atoms with Crippen LogP contribution < -0.4 is 24.8 Å². The summed E-state index contributed by atoms with van der Waals surface area (Å²) in [4.78, 5) is 32.4. The van der Waals surface area contributed by atoms with Crippen molar-refractivity contribution < 1.29 is 33.3 Å². The Morgan fingerprint density at radius 2 is 1.64 bits per heavy atom. The van der Waals surface area contributed by atoms with E-state index in [4.69, 9.17) is 28.7 Å². The molecule has 0 spiro atoms. The Morgan fingerprint density at radius 3 is 2.21 bits per heavy atom. The normalized spacial score (nSPS) is 19.9. The lowest BCUT2D eigenvalue weighted by Gasteiger charge is -2.48. The van der Waals surface area contributed by atoms with Crippen molar-refractivity contribution in [3.8, 4) is 28.5 Å². The average Bonchev–Trinajstić information content (AvgIpc) is 3.46. The summed E-state index contributed by atoms with van der Waals surface area (Å²) in [6.07, 6.45) is 0. The van der Waals surface area contributed by atoms with E-state index < -0.39 is 29.4 Å². The third-order valence-corrected chi connectivity index (χ3v) is 8.04. The van der Waals surface area contributed by atoms with E-state index in [1.165, 1.54) is 11.3 Å². The Hall–Kier alpha value is -4.25. The van der Waals surface area contributed by atoms with Crippen LogP contribution in [0.3, 0.4) is 0 Å². The van der Waals surface area contributed by atoms with Crippen molar-refractivity contribution in [2.45, 2.75) is 45.2 Å². The van der Waals surface area contributed by atoms with Crippen LogP contribution in [0.4, 0.5) is 5.13 Å². The molecule has 2 aromatic carbocycles. The minimum absolute atomic E-state index is 0.155. The highest BCUT2D eigenvalue weighted by atomic mass is 32.1. The van der Waals surface area contributed by atoms with Gasteiger partial charge in [0.05, 0.1) is 57.8 Å². The molecule has 4 rings (SSSR count). The molecule has 0 bridgehead atoms. The van der Waals surface area contributed by atoms with E-state index >= 15 is 0 Å². The molecule has 1 aromatic heterocycles. The zero-order valence-electron chi connectivity index (χ0n) is 24.9. The highest BCUT2D eigenvalue weighted by Gasteiger charge is 2.58. The standard InChI is InChI=1S/C31H37N3O7S/c1-8-40-28(35)25-18(3)32-19(4)31(29(36)41-9-2,26(25)20-13-11-10-12-14-20)34-30-33-22(17-42-30)21-15-23(37-5)27(39-7)24(16-21)38-6/h10-17,19,26,32H,8-9H2,1-7H3,(H,33,34). The molecule has 0 saturated heterocycles. The number of ether oxygens (including phenoxy) is 5. The fourth-order valence-corrected chi connectivity index (χ4v) is 6.20. The molecule has 0 saturated carbocycles. The zero-order valence-corrected chi connectivity index (χ0v) is 25.7. The predicted octanol–water partition coefficient (Wildman–Crippen LogP) is 5.16. The molecule has 2 heterocycles. The van der Waals surface area contributed by atoms with Gasteiger partial charge in [0.15, 0.2) is 22.2 Å². The highest BCUT2D eigenvalue weighted by molar-refractivity contribution is 7.14. The Balaban J connectivity index is 1.88. The van der Waals surface area contributed by atoms with E-state index in [1.54, 1.807) is 35.2 Å². The van der Waals surface area contributed by atoms with Crippen LogP contribution in [0.5, 0.6) is 17.2 Å². The highest BCUT2D eigenvalue weighted by Crippen LogP contribution is 2.46. The minimum Gasteiger partial charge on any atom is -0.493 e. The van der Waals surface area contributed by atoms with Crippen LogP contribution >= 0.6 is 11.3 Å². The molecule has 0 amide bonds. The molecule has 2 N–H and O–H groups in total. The summed E-state index contributed by atoms with van der Waals surface area (Å²) in [5, 5.41) is 9.11. The number of carbonyl (C=O) groups excluding carboxylic acids is 2. The Bertz CT molecular complexity index is 1430. The number of benzene rings is 2. The van der Waals surface area contributed by atoms with E-state index in [-0.39, 0.29) is 13.2 Å². The molecule has 1 aliphatic heterocycles. The molecular weight excluding hydrogens is 558 g/mol. The molecule has 1 aliphatic rings. The fourth-order valence-electron chi connectivity index (χ4n) is 5.41. The van der Waals surface area contributed by atoms with Crippen LogP contribution in [0.15, 0.2) is 59.1 Å². The van der Waals surface area contributed by atoms with E-state index in [0.29, 0.717) is 39.3 Å². The number of anilines is 1. The number of rotatable bonds is 11. The van der Waals surface area contributed by atoms with Gasteiger partial charge in [-0.1, -0.05) is 30.3 Å². The molecule has 0 radical (unpaired) electrons. The lowest BCUT2D eigenvalue weighted by molar-refractivity contribution is -0.151. The summed E-state index contributed by atoms with van der Waals surface area (Å²) < 4.78 is 27.7. The van der Waals surface area contributed by atoms with Gasteiger partial charge < -0.3 is 34.3 Å². The molecule has 3 atom stereocenters. The maximum atomic E-state index is 14.1. The Labute approximate surface area is 250 Å². The summed E-state index contributed by atoms with van der Waals surface area (Å²) in [6, 6.07) is 12.5. The monoisotopic (exact) mass is 595 g/mol. The summed E-state index contributed by atoms with van der Waals surface area (Å²) >= 11 is 1.33. The topological polar surface area (TPSA) is 117 Å². The van der Waals surface area contributed by atoms with E-state index in [0.717, 1.165) is 11.1 Å². The number of nitrogens with zero attached hydrogens (tertiary/aromatic N) is 1. The first-order chi connectivity index (χ1) is 20.2. The SMILES string of the molecule is CCOC(=O)C1=C(C)NC(C)C(Nc2nc(-c3cc(OC)c(OC)c(OC)c3)cs2)(C(=O)OCC)C1c1ccccc1. The molecule has 0 aliphatic carbocycles. The van der Waals surface area contributed by atoms with Crippen LogP contribution in [0.2, 0.25) is 0 Å². The zero-order chi connectivity index (χ0) is 30.4. The maximum Gasteiger partial charge on any atom is 0.336 e. The van der Waals surface area contributed by atoms with Crippen molar-refractivity contribution in [1.29, 1.82) is 0 Å². The second kappa shape index (κ2) is 13.2. The summed E-state index contributed by atoms with van der Waals surface area (Å²) in [7, 11) is 4.65. The lowest BCUT2D eigenvalue weighted by atomic mass is 9.68. The number of carbonyl (C=O) groups is 2. The van der Waals surface area contributed by atoms with Crippen LogP contribution in [0.1, 0.15) is 39.2 Å². The Kier molecular flexibility index (Phi) is 9.62. The fraction of sp³-hybridized carbons (Fsp3) is 0.387. The van der Waals surface area contributed by atoms with Crippen molar-refractivity contribution in [2.75, 3.05) is 39.9 Å². The molecular formula is C31H37N3O7S. The smallest absolute Gasteiger partial charge is 0.336 e. The van der Waals surface area contributed by atoms with E-state index in [1.807, 2.05) is 61.7 Å². The van der Waals surface area contributed by atoms with Crippen molar-refractivity contribution >= 4 is 28.4 Å². The number of esters is 2. The van der Waals surface area contributed by atoms with Gasteiger partial charge in [0.2, 0.25) is 5.75 Å². The summed E-state index contributed by atoms with van der Waals surface area (Å²) in [6.45, 7) is 7.56. The van der Waals surface area contributed by atoms with Gasteiger partial charge in [-0.2, -0.15) is 0 Å². The third kappa shape index (κ3) is 5.61. The van der Waals surface area contributed by atoms with Crippen molar-refractivity contribution in [1.82, 2.24) is 10.3 Å². The molecule has 10 nitrogen and oxygen atoms in total. The van der Waals surface area contributed by atoms with E-state index in [9.17, 15) is 9.59 Å². The molecule has 0 fully saturated rings. The first-order valence-corrected chi connectivity index (χ1v) is 14.5. The number of aromatic nitrogens is 1. The molecule has 3 aromatic rings. The number of hydrogen-bond acceptors (Lipinski definition) is 11. The Morgan fingerprint density at radius 1 is 1.00 bits per heavy atom. The van der Waals surface area contributed by atoms with E-state index in [2.05, 4.69) is 10.6 Å². The van der Waals surface area contributed by atoms with Crippen LogP contribution in [0.25, 0.3) is 11.3 Å². The quantitative estimate of drug-likeness (QED) is 0.288. The van der Waals surface area contributed by atoms with Crippen LogP contribution in [-0.2, 0) is 19.1 Å². The summed E-state index contributed by atoms with van der Waals surface area (Å²) in [5.74, 6) is -0.312. The van der Waals surface area contributed by atoms with Gasteiger partial charge in [0.1, 0.15) is 0 Å². The van der Waals surface area contributed by atoms with Gasteiger partial charge in [0, 0.05) is 16.6 Å². The van der Waals surface area contributed by atoms with Crippen molar-refractivity contribution in [3.63, 3.8) is 0 Å². The molecule has 42 heavy (non-hydrogen) atoms. The number of hydrogen-bond donors (Lipinski definition) is 2. The van der Waals surface area contributed by atoms with Crippen molar-refractivity contribution in [2.24, 2.45) is 0 Å². The van der Waals surface area contributed by atoms with Gasteiger partial charge >= 0.3 is 11.9 Å². The first kappa shape index (κ1) is 30.7. The van der Waals surface area contributed by atoms with Gasteiger partial charge in [-0.25, -0.2) is 14.6 Å². The number of thiazole rings is 1.